The average Bonchev–Trinajstić information content (AvgIpc) is 2.46. The molecular weight excluding hydrogens is 264 g/mol. The standard InChI is InChI=1S/C16H28N4O/c1-5-10-20(11-6-2)16(21)15-13-14(7-8-18-15)17-9-12-19(3)4/h7-8,13H,5-6,9-12H2,1-4H3,(H,17,18). The van der Waals surface area contributed by atoms with Crippen molar-refractivity contribution in [1.29, 1.82) is 0 Å². The van der Waals surface area contributed by atoms with Gasteiger partial charge < -0.3 is 15.1 Å². The zero-order valence-electron chi connectivity index (χ0n) is 13.7. The van der Waals surface area contributed by atoms with Gasteiger partial charge in [0.2, 0.25) is 0 Å². The van der Waals surface area contributed by atoms with Crippen LogP contribution in [-0.2, 0) is 0 Å². The number of nitrogens with zero attached hydrogens (tertiary/aromatic N) is 3. The Kier molecular flexibility index (Phi) is 7.75. The predicted octanol–water partition coefficient (Wildman–Crippen LogP) is 2.32. The summed E-state index contributed by atoms with van der Waals surface area (Å²) in [6.07, 6.45) is 3.63. The Morgan fingerprint density at radius 3 is 2.43 bits per heavy atom. The van der Waals surface area contributed by atoms with E-state index in [4.69, 9.17) is 0 Å². The van der Waals surface area contributed by atoms with Crippen molar-refractivity contribution in [3.8, 4) is 0 Å². The van der Waals surface area contributed by atoms with Gasteiger partial charge in [0.05, 0.1) is 0 Å². The van der Waals surface area contributed by atoms with Crippen LogP contribution in [0.15, 0.2) is 18.3 Å². The first kappa shape index (κ1) is 17.4. The lowest BCUT2D eigenvalue weighted by Crippen LogP contribution is -2.33. The van der Waals surface area contributed by atoms with Crippen LogP contribution in [0, 0.1) is 0 Å². The molecule has 5 heteroatoms. The number of rotatable bonds is 9. The number of carbonyl (C=O) groups excluding carboxylic acids is 1. The van der Waals surface area contributed by atoms with Gasteiger partial charge in [-0.05, 0) is 39.1 Å². The molecule has 0 aliphatic heterocycles. The molecule has 0 spiro atoms. The average molecular weight is 292 g/mol. The van der Waals surface area contributed by atoms with Crippen molar-refractivity contribution in [2.75, 3.05) is 45.6 Å². The number of likely N-dealkylation sites (N-methyl/N-ethyl adjacent to an activating group) is 1. The Morgan fingerprint density at radius 2 is 1.86 bits per heavy atom. The summed E-state index contributed by atoms with van der Waals surface area (Å²) < 4.78 is 0. The van der Waals surface area contributed by atoms with Crippen LogP contribution in [0.25, 0.3) is 0 Å². The van der Waals surface area contributed by atoms with Crippen LogP contribution in [-0.4, -0.2) is 61.0 Å². The summed E-state index contributed by atoms with van der Waals surface area (Å²) in [5.41, 5.74) is 1.47. The van der Waals surface area contributed by atoms with Crippen LogP contribution in [0.1, 0.15) is 37.2 Å². The van der Waals surface area contributed by atoms with E-state index in [9.17, 15) is 4.79 Å². The molecule has 0 saturated carbocycles. The highest BCUT2D eigenvalue weighted by molar-refractivity contribution is 5.93. The molecule has 0 unspecified atom stereocenters. The number of amides is 1. The van der Waals surface area contributed by atoms with E-state index in [1.165, 1.54) is 0 Å². The molecule has 0 aliphatic carbocycles. The molecule has 21 heavy (non-hydrogen) atoms. The quantitative estimate of drug-likeness (QED) is 0.759. The van der Waals surface area contributed by atoms with Gasteiger partial charge in [0.1, 0.15) is 5.69 Å². The smallest absolute Gasteiger partial charge is 0.272 e. The minimum absolute atomic E-state index is 0.0231. The van der Waals surface area contributed by atoms with E-state index in [0.717, 1.165) is 44.7 Å². The number of carbonyl (C=O) groups is 1. The summed E-state index contributed by atoms with van der Waals surface area (Å²) in [6.45, 7) is 7.53. The van der Waals surface area contributed by atoms with E-state index in [1.807, 2.05) is 31.1 Å². The molecule has 1 aromatic rings. The minimum Gasteiger partial charge on any atom is -0.384 e. The Balaban J connectivity index is 2.70. The molecule has 0 bridgehead atoms. The highest BCUT2D eigenvalue weighted by Gasteiger charge is 2.15. The van der Waals surface area contributed by atoms with Gasteiger partial charge in [-0.25, -0.2) is 0 Å². The zero-order chi connectivity index (χ0) is 15.7. The number of anilines is 1. The van der Waals surface area contributed by atoms with Crippen molar-refractivity contribution >= 4 is 11.6 Å². The maximum Gasteiger partial charge on any atom is 0.272 e. The van der Waals surface area contributed by atoms with Crippen LogP contribution >= 0.6 is 0 Å². The van der Waals surface area contributed by atoms with E-state index in [2.05, 4.69) is 29.0 Å². The van der Waals surface area contributed by atoms with Crippen molar-refractivity contribution in [2.45, 2.75) is 26.7 Å². The Labute approximate surface area is 128 Å². The normalized spacial score (nSPS) is 10.7. The Hall–Kier alpha value is -1.62. The van der Waals surface area contributed by atoms with Crippen molar-refractivity contribution in [3.63, 3.8) is 0 Å². The summed E-state index contributed by atoms with van der Waals surface area (Å²) in [4.78, 5) is 20.7. The largest absolute Gasteiger partial charge is 0.384 e. The molecule has 5 nitrogen and oxygen atoms in total. The molecule has 1 N–H and O–H groups in total. The van der Waals surface area contributed by atoms with Gasteiger partial charge in [0.15, 0.2) is 0 Å². The van der Waals surface area contributed by atoms with E-state index in [0.29, 0.717) is 5.69 Å². The first-order valence-electron chi connectivity index (χ1n) is 7.72. The highest BCUT2D eigenvalue weighted by atomic mass is 16.2. The highest BCUT2D eigenvalue weighted by Crippen LogP contribution is 2.10. The molecule has 1 heterocycles. The Morgan fingerprint density at radius 1 is 1.19 bits per heavy atom. The van der Waals surface area contributed by atoms with E-state index in [1.54, 1.807) is 6.20 Å². The number of hydrogen-bond donors (Lipinski definition) is 1. The number of pyridine rings is 1. The summed E-state index contributed by atoms with van der Waals surface area (Å²) >= 11 is 0. The summed E-state index contributed by atoms with van der Waals surface area (Å²) in [6, 6.07) is 3.74. The molecular formula is C16H28N4O. The summed E-state index contributed by atoms with van der Waals surface area (Å²) in [7, 11) is 4.08. The van der Waals surface area contributed by atoms with Crippen molar-refractivity contribution in [2.24, 2.45) is 0 Å². The first-order valence-corrected chi connectivity index (χ1v) is 7.72. The summed E-state index contributed by atoms with van der Waals surface area (Å²) in [5.74, 6) is 0.0231. The second-order valence-electron chi connectivity index (χ2n) is 5.45. The van der Waals surface area contributed by atoms with E-state index < -0.39 is 0 Å². The van der Waals surface area contributed by atoms with Gasteiger partial charge in [-0.3, -0.25) is 9.78 Å². The molecule has 1 aromatic heterocycles. The zero-order valence-corrected chi connectivity index (χ0v) is 13.7. The molecule has 1 rings (SSSR count). The van der Waals surface area contributed by atoms with Crippen molar-refractivity contribution in [1.82, 2.24) is 14.8 Å². The SMILES string of the molecule is CCCN(CCC)C(=O)c1cc(NCCN(C)C)ccn1. The third-order valence-corrected chi connectivity index (χ3v) is 3.14. The van der Waals surface area contributed by atoms with Crippen molar-refractivity contribution in [3.05, 3.63) is 24.0 Å². The van der Waals surface area contributed by atoms with Gasteiger partial charge in [0.25, 0.3) is 5.91 Å². The maximum absolute atomic E-state index is 12.5. The molecule has 118 valence electrons. The third kappa shape index (κ3) is 6.12. The van der Waals surface area contributed by atoms with Crippen LogP contribution in [0.5, 0.6) is 0 Å². The lowest BCUT2D eigenvalue weighted by molar-refractivity contribution is 0.0749. The fourth-order valence-electron chi connectivity index (χ4n) is 2.10. The van der Waals surface area contributed by atoms with Crippen LogP contribution in [0.2, 0.25) is 0 Å². The number of hydrogen-bond acceptors (Lipinski definition) is 4. The number of nitrogens with one attached hydrogen (secondary N) is 1. The predicted molar refractivity (Wildman–Crippen MR) is 87.8 cm³/mol. The molecule has 0 radical (unpaired) electrons. The molecule has 1 amide bonds. The molecule has 0 saturated heterocycles. The third-order valence-electron chi connectivity index (χ3n) is 3.14. The van der Waals surface area contributed by atoms with Crippen LogP contribution in [0.4, 0.5) is 5.69 Å². The van der Waals surface area contributed by atoms with Gasteiger partial charge in [-0.15, -0.1) is 0 Å². The second kappa shape index (κ2) is 9.34. The fourth-order valence-corrected chi connectivity index (χ4v) is 2.10. The summed E-state index contributed by atoms with van der Waals surface area (Å²) in [5, 5.41) is 3.32. The lowest BCUT2D eigenvalue weighted by Gasteiger charge is -2.21. The lowest BCUT2D eigenvalue weighted by atomic mass is 10.2. The second-order valence-corrected chi connectivity index (χ2v) is 5.45. The monoisotopic (exact) mass is 292 g/mol. The van der Waals surface area contributed by atoms with Gasteiger partial charge in [-0.2, -0.15) is 0 Å². The van der Waals surface area contributed by atoms with Crippen molar-refractivity contribution < 1.29 is 4.79 Å². The van der Waals surface area contributed by atoms with Gasteiger partial charge in [0, 0.05) is 38.1 Å². The first-order chi connectivity index (χ1) is 10.1. The maximum atomic E-state index is 12.5. The molecule has 0 atom stereocenters. The molecule has 0 fully saturated rings. The molecule has 0 aromatic carbocycles. The van der Waals surface area contributed by atoms with Gasteiger partial charge >= 0.3 is 0 Å². The molecule has 0 aliphatic rings. The topological polar surface area (TPSA) is 48.5 Å². The van der Waals surface area contributed by atoms with Crippen LogP contribution < -0.4 is 5.32 Å². The minimum atomic E-state index is 0.0231. The Bertz CT molecular complexity index is 428. The van der Waals surface area contributed by atoms with Crippen LogP contribution in [0.3, 0.4) is 0 Å². The van der Waals surface area contributed by atoms with E-state index in [-0.39, 0.29) is 5.91 Å². The van der Waals surface area contributed by atoms with Gasteiger partial charge in [-0.1, -0.05) is 13.8 Å². The van der Waals surface area contributed by atoms with E-state index >= 15 is 0 Å². The number of aromatic nitrogens is 1. The fraction of sp³-hybridized carbons (Fsp3) is 0.625.